The second-order valence-corrected chi connectivity index (χ2v) is 8.04. The van der Waals surface area contributed by atoms with Gasteiger partial charge in [-0.3, -0.25) is 4.79 Å². The third kappa shape index (κ3) is 4.44. The Bertz CT molecular complexity index is 1050. The minimum absolute atomic E-state index is 0.0491. The topological polar surface area (TPSA) is 61.9 Å². The Morgan fingerprint density at radius 1 is 1.17 bits per heavy atom. The first-order chi connectivity index (χ1) is 14.6. The minimum Gasteiger partial charge on any atom is -0.338 e. The van der Waals surface area contributed by atoms with Gasteiger partial charge in [0.05, 0.1) is 11.6 Å². The van der Waals surface area contributed by atoms with Gasteiger partial charge in [-0.1, -0.05) is 30.3 Å². The van der Waals surface area contributed by atoms with E-state index in [-0.39, 0.29) is 5.91 Å². The number of benzene rings is 2. The summed E-state index contributed by atoms with van der Waals surface area (Å²) < 4.78 is 2.29. The Morgan fingerprint density at radius 2 is 1.93 bits per heavy atom. The van der Waals surface area contributed by atoms with Gasteiger partial charge in [0.1, 0.15) is 5.82 Å². The van der Waals surface area contributed by atoms with Crippen LogP contribution in [0.1, 0.15) is 45.8 Å². The van der Waals surface area contributed by atoms with E-state index < -0.39 is 0 Å². The number of imidazole rings is 1. The van der Waals surface area contributed by atoms with Crippen LogP contribution in [0, 0.1) is 24.2 Å². The molecule has 0 N–H and O–H groups in total. The van der Waals surface area contributed by atoms with E-state index in [0.29, 0.717) is 17.0 Å². The minimum atomic E-state index is 0.0491. The maximum atomic E-state index is 12.9. The Morgan fingerprint density at radius 3 is 2.67 bits per heavy atom. The molecular weight excluding hydrogens is 372 g/mol. The molecule has 1 aliphatic rings. The van der Waals surface area contributed by atoms with Gasteiger partial charge < -0.3 is 9.47 Å². The summed E-state index contributed by atoms with van der Waals surface area (Å²) in [6, 6.07) is 19.5. The van der Waals surface area contributed by atoms with E-state index in [2.05, 4.69) is 46.8 Å². The first-order valence-corrected chi connectivity index (χ1v) is 10.5. The summed E-state index contributed by atoms with van der Waals surface area (Å²) in [5.74, 6) is 1.54. The van der Waals surface area contributed by atoms with E-state index in [4.69, 9.17) is 5.26 Å². The van der Waals surface area contributed by atoms with Gasteiger partial charge >= 0.3 is 0 Å². The molecule has 1 unspecified atom stereocenters. The molecule has 5 nitrogen and oxygen atoms in total. The molecule has 0 bridgehead atoms. The van der Waals surface area contributed by atoms with Crippen LogP contribution in [0.2, 0.25) is 0 Å². The maximum Gasteiger partial charge on any atom is 0.253 e. The standard InChI is InChI=1S/C25H26N4O/c1-19-16-27-24(29(19)18-21-6-3-2-4-7-21)14-22-8-5-13-28(17-22)25(30)23-11-9-20(15-26)10-12-23/h2-4,6-7,9-12,16,22H,5,8,13-14,17-18H2,1H3. The fourth-order valence-corrected chi connectivity index (χ4v) is 4.20. The molecule has 2 heterocycles. The lowest BCUT2D eigenvalue weighted by Gasteiger charge is -2.33. The molecule has 1 aromatic heterocycles. The van der Waals surface area contributed by atoms with Crippen molar-refractivity contribution >= 4 is 5.91 Å². The Kier molecular flexibility index (Phi) is 5.94. The van der Waals surface area contributed by atoms with Crippen LogP contribution >= 0.6 is 0 Å². The first-order valence-electron chi connectivity index (χ1n) is 10.5. The van der Waals surface area contributed by atoms with Crippen molar-refractivity contribution in [3.8, 4) is 6.07 Å². The van der Waals surface area contributed by atoms with Crippen molar-refractivity contribution in [3.63, 3.8) is 0 Å². The molecule has 4 rings (SSSR count). The molecule has 0 saturated carbocycles. The molecule has 1 saturated heterocycles. The predicted octanol–water partition coefficient (Wildman–Crippen LogP) is 4.21. The number of carbonyl (C=O) groups is 1. The van der Waals surface area contributed by atoms with Gasteiger partial charge in [0.25, 0.3) is 5.91 Å². The van der Waals surface area contributed by atoms with E-state index in [1.807, 2.05) is 17.2 Å². The molecule has 2 aromatic carbocycles. The summed E-state index contributed by atoms with van der Waals surface area (Å²) in [7, 11) is 0. The van der Waals surface area contributed by atoms with Crippen LogP contribution in [-0.2, 0) is 13.0 Å². The normalized spacial score (nSPS) is 16.3. The van der Waals surface area contributed by atoms with Gasteiger partial charge in [-0.05, 0) is 55.5 Å². The molecule has 0 radical (unpaired) electrons. The lowest BCUT2D eigenvalue weighted by Crippen LogP contribution is -2.40. The fraction of sp³-hybridized carbons (Fsp3) is 0.320. The molecule has 1 aliphatic heterocycles. The van der Waals surface area contributed by atoms with Crippen molar-refractivity contribution in [2.45, 2.75) is 32.7 Å². The van der Waals surface area contributed by atoms with Crippen molar-refractivity contribution in [1.29, 1.82) is 5.26 Å². The van der Waals surface area contributed by atoms with E-state index in [1.54, 1.807) is 24.3 Å². The van der Waals surface area contributed by atoms with Gasteiger partial charge in [0, 0.05) is 43.5 Å². The van der Waals surface area contributed by atoms with Crippen LogP contribution in [0.5, 0.6) is 0 Å². The summed E-state index contributed by atoms with van der Waals surface area (Å²) in [5, 5.41) is 8.95. The molecule has 0 aliphatic carbocycles. The van der Waals surface area contributed by atoms with Crippen molar-refractivity contribution in [2.75, 3.05) is 13.1 Å². The number of amides is 1. The van der Waals surface area contributed by atoms with Gasteiger partial charge in [-0.25, -0.2) is 4.98 Å². The average molecular weight is 399 g/mol. The second kappa shape index (κ2) is 8.96. The van der Waals surface area contributed by atoms with Gasteiger partial charge in [-0.2, -0.15) is 5.26 Å². The largest absolute Gasteiger partial charge is 0.338 e. The van der Waals surface area contributed by atoms with Crippen LogP contribution in [0.15, 0.2) is 60.8 Å². The molecule has 0 spiro atoms. The molecule has 3 aromatic rings. The molecule has 1 fully saturated rings. The number of hydrogen-bond donors (Lipinski definition) is 0. The number of nitrogens with zero attached hydrogens (tertiary/aromatic N) is 4. The molecule has 152 valence electrons. The highest BCUT2D eigenvalue weighted by Gasteiger charge is 2.26. The average Bonchev–Trinajstić information content (AvgIpc) is 3.13. The Labute approximate surface area is 177 Å². The lowest BCUT2D eigenvalue weighted by molar-refractivity contribution is 0.0671. The number of nitriles is 1. The number of aromatic nitrogens is 2. The van der Waals surface area contributed by atoms with E-state index in [9.17, 15) is 4.79 Å². The molecule has 30 heavy (non-hydrogen) atoms. The van der Waals surface area contributed by atoms with Crippen LogP contribution in [0.4, 0.5) is 0 Å². The van der Waals surface area contributed by atoms with Gasteiger partial charge in [-0.15, -0.1) is 0 Å². The van der Waals surface area contributed by atoms with Crippen LogP contribution in [0.3, 0.4) is 0 Å². The molecule has 1 atom stereocenters. The van der Waals surface area contributed by atoms with Crippen molar-refractivity contribution < 1.29 is 4.79 Å². The number of carbonyl (C=O) groups excluding carboxylic acids is 1. The number of likely N-dealkylation sites (tertiary alicyclic amines) is 1. The number of piperidine rings is 1. The number of aryl methyl sites for hydroxylation is 1. The quantitative estimate of drug-likeness (QED) is 0.647. The van der Waals surface area contributed by atoms with Crippen molar-refractivity contribution in [2.24, 2.45) is 5.92 Å². The Hall–Kier alpha value is -3.39. The monoisotopic (exact) mass is 398 g/mol. The summed E-state index contributed by atoms with van der Waals surface area (Å²) in [5.41, 5.74) is 3.65. The summed E-state index contributed by atoms with van der Waals surface area (Å²) in [4.78, 5) is 19.6. The maximum absolute atomic E-state index is 12.9. The van der Waals surface area contributed by atoms with E-state index in [1.165, 1.54) is 5.56 Å². The zero-order valence-electron chi connectivity index (χ0n) is 17.3. The van der Waals surface area contributed by atoms with Crippen molar-refractivity contribution in [3.05, 3.63) is 89.0 Å². The van der Waals surface area contributed by atoms with Crippen LogP contribution < -0.4 is 0 Å². The zero-order valence-corrected chi connectivity index (χ0v) is 17.3. The molecule has 1 amide bonds. The van der Waals surface area contributed by atoms with Gasteiger partial charge in [0.2, 0.25) is 0 Å². The molecule has 5 heteroatoms. The first kappa shape index (κ1) is 19.9. The third-order valence-corrected chi connectivity index (χ3v) is 5.86. The number of hydrogen-bond acceptors (Lipinski definition) is 3. The SMILES string of the molecule is Cc1cnc(CC2CCCN(C(=O)c3ccc(C#N)cc3)C2)n1Cc1ccccc1. The summed E-state index contributed by atoms with van der Waals surface area (Å²) in [6.45, 7) is 4.45. The smallest absolute Gasteiger partial charge is 0.253 e. The fourth-order valence-electron chi connectivity index (χ4n) is 4.20. The summed E-state index contributed by atoms with van der Waals surface area (Å²) >= 11 is 0. The van der Waals surface area contributed by atoms with Crippen LogP contribution in [-0.4, -0.2) is 33.4 Å². The predicted molar refractivity (Wildman–Crippen MR) is 116 cm³/mol. The van der Waals surface area contributed by atoms with Gasteiger partial charge in [0.15, 0.2) is 0 Å². The molecular formula is C25H26N4O. The second-order valence-electron chi connectivity index (χ2n) is 8.04. The summed E-state index contributed by atoms with van der Waals surface area (Å²) in [6.07, 6.45) is 4.93. The zero-order chi connectivity index (χ0) is 20.9. The Balaban J connectivity index is 1.44. The third-order valence-electron chi connectivity index (χ3n) is 5.86. The highest BCUT2D eigenvalue weighted by molar-refractivity contribution is 5.94. The highest BCUT2D eigenvalue weighted by atomic mass is 16.2. The number of rotatable bonds is 5. The van der Waals surface area contributed by atoms with Crippen molar-refractivity contribution in [1.82, 2.24) is 14.5 Å². The highest BCUT2D eigenvalue weighted by Crippen LogP contribution is 2.23. The lowest BCUT2D eigenvalue weighted by atomic mass is 9.93. The van der Waals surface area contributed by atoms with E-state index in [0.717, 1.165) is 50.4 Å². The van der Waals surface area contributed by atoms with E-state index >= 15 is 0 Å². The van der Waals surface area contributed by atoms with Crippen LogP contribution in [0.25, 0.3) is 0 Å².